The van der Waals surface area contributed by atoms with Crippen molar-refractivity contribution < 1.29 is 19.2 Å². The first-order valence-corrected chi connectivity index (χ1v) is 10.8. The SMILES string of the molecule is CC(C)(C)c1cnc(CSc2cnc(NC(=O)CCCCCC(=O)NO)s2)o1. The molecule has 0 radical (unpaired) electrons. The molecule has 0 aliphatic rings. The Labute approximate surface area is 172 Å². The average molecular weight is 427 g/mol. The van der Waals surface area contributed by atoms with Crippen LogP contribution in [0.15, 0.2) is 21.0 Å². The van der Waals surface area contributed by atoms with Crippen molar-refractivity contribution in [1.82, 2.24) is 15.4 Å². The number of thiazole rings is 1. The molecule has 0 aliphatic heterocycles. The minimum atomic E-state index is -0.406. The Morgan fingerprint density at radius 1 is 1.14 bits per heavy atom. The smallest absolute Gasteiger partial charge is 0.243 e. The lowest BCUT2D eigenvalue weighted by Crippen LogP contribution is -2.17. The lowest BCUT2D eigenvalue weighted by molar-refractivity contribution is -0.129. The van der Waals surface area contributed by atoms with Crippen LogP contribution in [0.5, 0.6) is 0 Å². The maximum Gasteiger partial charge on any atom is 0.243 e. The molecule has 10 heteroatoms. The van der Waals surface area contributed by atoms with Crippen LogP contribution in [-0.4, -0.2) is 27.0 Å². The van der Waals surface area contributed by atoms with E-state index in [4.69, 9.17) is 9.62 Å². The number of oxazole rings is 1. The number of nitrogens with zero attached hydrogens (tertiary/aromatic N) is 2. The van der Waals surface area contributed by atoms with Crippen LogP contribution in [-0.2, 0) is 20.8 Å². The molecule has 2 aromatic heterocycles. The van der Waals surface area contributed by atoms with E-state index in [2.05, 4.69) is 36.1 Å². The van der Waals surface area contributed by atoms with Crippen molar-refractivity contribution in [3.05, 3.63) is 24.0 Å². The largest absolute Gasteiger partial charge is 0.444 e. The molecule has 0 aromatic carbocycles. The molecule has 8 nitrogen and oxygen atoms in total. The Hall–Kier alpha value is -1.91. The summed E-state index contributed by atoms with van der Waals surface area (Å²) in [6.07, 6.45) is 6.18. The van der Waals surface area contributed by atoms with Crippen molar-refractivity contribution in [3.8, 4) is 0 Å². The number of rotatable bonds is 10. The molecule has 0 aliphatic carbocycles. The first-order chi connectivity index (χ1) is 13.3. The number of hydrogen-bond donors (Lipinski definition) is 3. The van der Waals surface area contributed by atoms with Gasteiger partial charge >= 0.3 is 0 Å². The number of hydroxylamine groups is 1. The number of carbonyl (C=O) groups excluding carboxylic acids is 2. The predicted molar refractivity (Wildman–Crippen MR) is 109 cm³/mol. The minimum Gasteiger partial charge on any atom is -0.444 e. The van der Waals surface area contributed by atoms with Gasteiger partial charge in [-0.2, -0.15) is 0 Å². The molecule has 0 atom stereocenters. The van der Waals surface area contributed by atoms with E-state index in [1.165, 1.54) is 11.3 Å². The lowest BCUT2D eigenvalue weighted by atomic mass is 9.94. The maximum atomic E-state index is 12.0. The molecule has 0 fully saturated rings. The van der Waals surface area contributed by atoms with Crippen LogP contribution in [0.4, 0.5) is 5.13 Å². The molecule has 2 amide bonds. The van der Waals surface area contributed by atoms with Crippen molar-refractivity contribution in [2.75, 3.05) is 5.32 Å². The second-order valence-corrected chi connectivity index (χ2v) is 9.59. The van der Waals surface area contributed by atoms with Crippen LogP contribution in [0.2, 0.25) is 0 Å². The van der Waals surface area contributed by atoms with Gasteiger partial charge in [-0.25, -0.2) is 15.4 Å². The molecule has 0 spiro atoms. The Morgan fingerprint density at radius 2 is 1.86 bits per heavy atom. The van der Waals surface area contributed by atoms with E-state index < -0.39 is 5.91 Å². The van der Waals surface area contributed by atoms with Gasteiger partial charge in [-0.3, -0.25) is 14.8 Å². The Balaban J connectivity index is 1.69. The monoisotopic (exact) mass is 426 g/mol. The molecule has 0 bridgehead atoms. The molecule has 0 saturated heterocycles. The van der Waals surface area contributed by atoms with Crippen molar-refractivity contribution in [3.63, 3.8) is 0 Å². The molecule has 0 saturated carbocycles. The molecule has 3 N–H and O–H groups in total. The van der Waals surface area contributed by atoms with Gasteiger partial charge in [0.25, 0.3) is 0 Å². The third-order valence-corrected chi connectivity index (χ3v) is 5.89. The van der Waals surface area contributed by atoms with E-state index in [9.17, 15) is 9.59 Å². The normalized spacial score (nSPS) is 11.4. The summed E-state index contributed by atoms with van der Waals surface area (Å²) in [5, 5.41) is 11.8. The fourth-order valence-corrected chi connectivity index (χ4v) is 3.97. The summed E-state index contributed by atoms with van der Waals surface area (Å²) < 4.78 is 6.74. The number of nitrogens with one attached hydrogen (secondary N) is 2. The second-order valence-electron chi connectivity index (χ2n) is 7.29. The first-order valence-electron chi connectivity index (χ1n) is 9.04. The molecular formula is C18H26N4O4S2. The molecule has 28 heavy (non-hydrogen) atoms. The van der Waals surface area contributed by atoms with Crippen LogP contribution in [0, 0.1) is 0 Å². The zero-order chi connectivity index (χ0) is 20.6. The Morgan fingerprint density at radius 3 is 2.50 bits per heavy atom. The summed E-state index contributed by atoms with van der Waals surface area (Å²) in [5.74, 6) is 1.63. The van der Waals surface area contributed by atoms with E-state index in [0.717, 1.165) is 16.4 Å². The van der Waals surface area contributed by atoms with Crippen molar-refractivity contribution in [1.29, 1.82) is 0 Å². The van der Waals surface area contributed by atoms with E-state index in [1.807, 2.05) is 0 Å². The van der Waals surface area contributed by atoms with Crippen molar-refractivity contribution in [2.45, 2.75) is 68.3 Å². The fourth-order valence-electron chi connectivity index (χ4n) is 2.23. The van der Waals surface area contributed by atoms with Crippen molar-refractivity contribution >= 4 is 40.0 Å². The van der Waals surface area contributed by atoms with Gasteiger partial charge in [0, 0.05) is 18.3 Å². The fraction of sp³-hybridized carbons (Fsp3) is 0.556. The maximum absolute atomic E-state index is 12.0. The van der Waals surface area contributed by atoms with E-state index in [1.54, 1.807) is 29.6 Å². The van der Waals surface area contributed by atoms with E-state index >= 15 is 0 Å². The first kappa shape index (κ1) is 22.4. The summed E-state index contributed by atoms with van der Waals surface area (Å²) >= 11 is 2.98. The minimum absolute atomic E-state index is 0.0664. The summed E-state index contributed by atoms with van der Waals surface area (Å²) in [6.45, 7) is 6.23. The molecule has 2 rings (SSSR count). The van der Waals surface area contributed by atoms with Gasteiger partial charge in [0.1, 0.15) is 5.76 Å². The highest BCUT2D eigenvalue weighted by Crippen LogP contribution is 2.31. The number of amides is 2. The zero-order valence-electron chi connectivity index (χ0n) is 16.3. The van der Waals surface area contributed by atoms with Crippen LogP contribution in [0.1, 0.15) is 64.5 Å². The molecule has 2 aromatic rings. The predicted octanol–water partition coefficient (Wildman–Crippen LogP) is 4.12. The van der Waals surface area contributed by atoms with Crippen LogP contribution in [0.25, 0.3) is 0 Å². The van der Waals surface area contributed by atoms with Gasteiger partial charge in [-0.15, -0.1) is 11.8 Å². The van der Waals surface area contributed by atoms with Gasteiger partial charge in [0.05, 0.1) is 22.4 Å². The van der Waals surface area contributed by atoms with Crippen LogP contribution in [0.3, 0.4) is 0 Å². The molecule has 0 unspecified atom stereocenters. The number of anilines is 1. The molecule has 2 heterocycles. The average Bonchev–Trinajstić information content (AvgIpc) is 3.28. The van der Waals surface area contributed by atoms with Crippen molar-refractivity contribution in [2.24, 2.45) is 0 Å². The Bertz CT molecular complexity index is 783. The van der Waals surface area contributed by atoms with E-state index in [-0.39, 0.29) is 17.7 Å². The van der Waals surface area contributed by atoms with Crippen LogP contribution < -0.4 is 10.8 Å². The van der Waals surface area contributed by atoms with Gasteiger partial charge < -0.3 is 9.73 Å². The summed E-state index contributed by atoms with van der Waals surface area (Å²) in [4.78, 5) is 31.4. The van der Waals surface area contributed by atoms with Crippen LogP contribution >= 0.6 is 23.1 Å². The Kier molecular flexibility index (Phi) is 8.46. The number of aromatic nitrogens is 2. The van der Waals surface area contributed by atoms with Gasteiger partial charge in [-0.05, 0) is 12.8 Å². The number of carbonyl (C=O) groups is 2. The van der Waals surface area contributed by atoms with E-state index in [0.29, 0.717) is 36.0 Å². The number of thioether (sulfide) groups is 1. The molecule has 154 valence electrons. The topological polar surface area (TPSA) is 117 Å². The number of unbranched alkanes of at least 4 members (excludes halogenated alkanes) is 2. The third kappa shape index (κ3) is 7.61. The highest BCUT2D eigenvalue weighted by molar-refractivity contribution is 8.00. The van der Waals surface area contributed by atoms with Gasteiger partial charge in [-0.1, -0.05) is 38.5 Å². The number of hydrogen-bond acceptors (Lipinski definition) is 8. The lowest BCUT2D eigenvalue weighted by Gasteiger charge is -2.12. The van der Waals surface area contributed by atoms with Gasteiger partial charge in [0.2, 0.25) is 17.7 Å². The third-order valence-electron chi connectivity index (χ3n) is 3.79. The van der Waals surface area contributed by atoms with Gasteiger partial charge in [0.15, 0.2) is 5.13 Å². The quantitative estimate of drug-likeness (QED) is 0.226. The summed E-state index contributed by atoms with van der Waals surface area (Å²) in [5.41, 5.74) is 1.52. The highest BCUT2D eigenvalue weighted by Gasteiger charge is 2.19. The standard InChI is InChI=1S/C18H26N4O4S2/c1-18(2,3)12-9-19-15(26-12)11-27-16-10-20-17(28-16)21-13(23)7-5-4-6-8-14(24)22-25/h9-10,25H,4-8,11H2,1-3H3,(H,22,24)(H,20,21,23). The zero-order valence-corrected chi connectivity index (χ0v) is 17.9. The highest BCUT2D eigenvalue weighted by atomic mass is 32.2. The molecular weight excluding hydrogens is 400 g/mol. The summed E-state index contributed by atoms with van der Waals surface area (Å²) in [7, 11) is 0. The summed E-state index contributed by atoms with van der Waals surface area (Å²) in [6, 6.07) is 0. The second kappa shape index (κ2) is 10.6.